The summed E-state index contributed by atoms with van der Waals surface area (Å²) in [5.74, 6) is 0.728. The largest absolute Gasteiger partial charge is 0.324 e. The summed E-state index contributed by atoms with van der Waals surface area (Å²) in [6.07, 6.45) is 2.24. The van der Waals surface area contributed by atoms with Crippen molar-refractivity contribution < 1.29 is 4.79 Å². The number of carbonyl (C=O) groups is 1. The summed E-state index contributed by atoms with van der Waals surface area (Å²) < 4.78 is 0. The summed E-state index contributed by atoms with van der Waals surface area (Å²) in [6.45, 7) is 8.80. The number of carbonyl (C=O) groups excluding carboxylic acids is 1. The molecule has 0 saturated carbocycles. The molecule has 0 aromatic carbocycles. The molecule has 128 valence electrons. The highest BCUT2D eigenvalue weighted by molar-refractivity contribution is 7.14. The first-order valence-electron chi connectivity index (χ1n) is 8.64. The van der Waals surface area contributed by atoms with Gasteiger partial charge in [-0.05, 0) is 50.2 Å². The fourth-order valence-electron chi connectivity index (χ4n) is 3.63. The molecule has 3 heterocycles. The van der Waals surface area contributed by atoms with E-state index in [1.165, 1.54) is 26.2 Å². The van der Waals surface area contributed by atoms with Crippen LogP contribution in [0.1, 0.15) is 19.8 Å². The van der Waals surface area contributed by atoms with E-state index in [0.29, 0.717) is 6.04 Å². The quantitative estimate of drug-likeness (QED) is 0.922. The maximum Gasteiger partial charge on any atom is 0.322 e. The second kappa shape index (κ2) is 7.64. The van der Waals surface area contributed by atoms with E-state index in [0.717, 1.165) is 36.9 Å². The van der Waals surface area contributed by atoms with Crippen molar-refractivity contribution in [2.24, 2.45) is 5.92 Å². The SMILES string of the molecule is C[C@H]1CN(C)CCN1CC1CCN(C(=O)Nc2cccs2)CC1. The molecule has 1 aromatic heterocycles. The first-order chi connectivity index (χ1) is 11.1. The van der Waals surface area contributed by atoms with Gasteiger partial charge in [-0.3, -0.25) is 10.2 Å². The summed E-state index contributed by atoms with van der Waals surface area (Å²) in [5.41, 5.74) is 0. The van der Waals surface area contributed by atoms with E-state index in [9.17, 15) is 4.79 Å². The lowest BCUT2D eigenvalue weighted by molar-refractivity contribution is 0.0720. The Morgan fingerprint density at radius 2 is 2.09 bits per heavy atom. The van der Waals surface area contributed by atoms with Gasteiger partial charge in [0.25, 0.3) is 0 Å². The summed E-state index contributed by atoms with van der Waals surface area (Å²) in [6, 6.07) is 4.61. The van der Waals surface area contributed by atoms with Crippen LogP contribution < -0.4 is 5.32 Å². The zero-order valence-electron chi connectivity index (χ0n) is 14.2. The molecule has 2 saturated heterocycles. The third-order valence-electron chi connectivity index (χ3n) is 5.11. The van der Waals surface area contributed by atoms with Gasteiger partial charge in [0.2, 0.25) is 0 Å². The maximum atomic E-state index is 12.3. The van der Waals surface area contributed by atoms with Crippen LogP contribution in [0.2, 0.25) is 0 Å². The van der Waals surface area contributed by atoms with Crippen molar-refractivity contribution in [3.63, 3.8) is 0 Å². The molecule has 3 rings (SSSR count). The van der Waals surface area contributed by atoms with Crippen molar-refractivity contribution in [3.8, 4) is 0 Å². The molecule has 6 heteroatoms. The van der Waals surface area contributed by atoms with Crippen LogP contribution in [0, 0.1) is 5.92 Å². The van der Waals surface area contributed by atoms with Gasteiger partial charge < -0.3 is 9.80 Å². The van der Waals surface area contributed by atoms with Gasteiger partial charge in [0, 0.05) is 45.3 Å². The van der Waals surface area contributed by atoms with Crippen LogP contribution in [0.25, 0.3) is 0 Å². The van der Waals surface area contributed by atoms with Gasteiger partial charge >= 0.3 is 6.03 Å². The Bertz CT molecular complexity index is 499. The van der Waals surface area contributed by atoms with Crippen LogP contribution in [0.3, 0.4) is 0 Å². The molecule has 0 bridgehead atoms. The Hall–Kier alpha value is -1.11. The zero-order valence-corrected chi connectivity index (χ0v) is 15.0. The summed E-state index contributed by atoms with van der Waals surface area (Å²) in [5, 5.41) is 5.91. The minimum atomic E-state index is 0.0545. The molecule has 2 amide bonds. The first-order valence-corrected chi connectivity index (χ1v) is 9.52. The minimum Gasteiger partial charge on any atom is -0.324 e. The number of rotatable bonds is 3. The molecule has 0 spiro atoms. The van der Waals surface area contributed by atoms with Gasteiger partial charge in [0.15, 0.2) is 0 Å². The number of thiophene rings is 1. The number of nitrogens with zero attached hydrogens (tertiary/aromatic N) is 3. The van der Waals surface area contributed by atoms with Crippen molar-refractivity contribution in [1.82, 2.24) is 14.7 Å². The number of nitrogens with one attached hydrogen (secondary N) is 1. The van der Waals surface area contributed by atoms with E-state index in [1.807, 2.05) is 22.4 Å². The molecular weight excluding hydrogens is 308 g/mol. The summed E-state index contributed by atoms with van der Waals surface area (Å²) in [4.78, 5) is 19.3. The van der Waals surface area contributed by atoms with Crippen LogP contribution >= 0.6 is 11.3 Å². The second-order valence-corrected chi connectivity index (χ2v) is 7.89. The Labute approximate surface area is 143 Å². The van der Waals surface area contributed by atoms with Gasteiger partial charge in [0.05, 0.1) is 5.00 Å². The van der Waals surface area contributed by atoms with Crippen LogP contribution in [0.5, 0.6) is 0 Å². The number of likely N-dealkylation sites (tertiary alicyclic amines) is 1. The topological polar surface area (TPSA) is 38.8 Å². The highest BCUT2D eigenvalue weighted by atomic mass is 32.1. The molecule has 23 heavy (non-hydrogen) atoms. The van der Waals surface area contributed by atoms with Gasteiger partial charge in [-0.15, -0.1) is 11.3 Å². The van der Waals surface area contributed by atoms with Gasteiger partial charge in [0.1, 0.15) is 0 Å². The number of amides is 2. The van der Waals surface area contributed by atoms with Crippen LogP contribution in [0.15, 0.2) is 17.5 Å². The first kappa shape index (κ1) is 16.7. The number of hydrogen-bond donors (Lipinski definition) is 1. The third-order valence-corrected chi connectivity index (χ3v) is 5.90. The van der Waals surface area contributed by atoms with E-state index in [4.69, 9.17) is 0 Å². The average Bonchev–Trinajstić information content (AvgIpc) is 3.04. The Balaban J connectivity index is 1.42. The average molecular weight is 337 g/mol. The molecule has 2 fully saturated rings. The molecule has 1 N–H and O–H groups in total. The third kappa shape index (κ3) is 4.46. The monoisotopic (exact) mass is 336 g/mol. The van der Waals surface area contributed by atoms with E-state index >= 15 is 0 Å². The van der Waals surface area contributed by atoms with Gasteiger partial charge in [-0.25, -0.2) is 4.79 Å². The predicted octanol–water partition coefficient (Wildman–Crippen LogP) is 2.63. The maximum absolute atomic E-state index is 12.3. The Morgan fingerprint density at radius 1 is 1.30 bits per heavy atom. The number of anilines is 1. The van der Waals surface area contributed by atoms with Crippen molar-refractivity contribution in [2.75, 3.05) is 51.6 Å². The number of urea groups is 1. The smallest absolute Gasteiger partial charge is 0.322 e. The number of hydrogen-bond acceptors (Lipinski definition) is 4. The van der Waals surface area contributed by atoms with Crippen LogP contribution in [-0.2, 0) is 0 Å². The minimum absolute atomic E-state index is 0.0545. The zero-order chi connectivity index (χ0) is 16.2. The standard InChI is InChI=1S/C17H28N4OS/c1-14-12-19(2)9-10-21(14)13-15-5-7-20(8-6-15)17(22)18-16-4-3-11-23-16/h3-4,11,14-15H,5-10,12-13H2,1-2H3,(H,18,22)/t14-/m0/s1. The normalized spacial score (nSPS) is 24.8. The van der Waals surface area contributed by atoms with Gasteiger partial charge in [-0.2, -0.15) is 0 Å². The number of piperidine rings is 1. The Kier molecular flexibility index (Phi) is 5.56. The second-order valence-electron chi connectivity index (χ2n) is 6.94. The molecule has 0 radical (unpaired) electrons. The summed E-state index contributed by atoms with van der Waals surface area (Å²) >= 11 is 1.57. The fourth-order valence-corrected chi connectivity index (χ4v) is 4.24. The molecule has 2 aliphatic rings. The lowest BCUT2D eigenvalue weighted by Gasteiger charge is -2.41. The molecule has 1 aromatic rings. The summed E-state index contributed by atoms with van der Waals surface area (Å²) in [7, 11) is 2.21. The molecule has 5 nitrogen and oxygen atoms in total. The Morgan fingerprint density at radius 3 is 2.74 bits per heavy atom. The molecular formula is C17H28N4OS. The van der Waals surface area contributed by atoms with Crippen molar-refractivity contribution in [1.29, 1.82) is 0 Å². The number of piperazine rings is 1. The van der Waals surface area contributed by atoms with Crippen LogP contribution in [0.4, 0.5) is 9.80 Å². The molecule has 0 aliphatic carbocycles. The van der Waals surface area contributed by atoms with Crippen molar-refractivity contribution in [2.45, 2.75) is 25.8 Å². The lowest BCUT2D eigenvalue weighted by Crippen LogP contribution is -2.52. The predicted molar refractivity (Wildman–Crippen MR) is 96.2 cm³/mol. The highest BCUT2D eigenvalue weighted by Crippen LogP contribution is 2.22. The number of likely N-dealkylation sites (N-methyl/N-ethyl adjacent to an activating group) is 1. The highest BCUT2D eigenvalue weighted by Gasteiger charge is 2.27. The van der Waals surface area contributed by atoms with E-state index < -0.39 is 0 Å². The fraction of sp³-hybridized carbons (Fsp3) is 0.706. The van der Waals surface area contributed by atoms with Crippen LogP contribution in [-0.4, -0.2) is 73.1 Å². The molecule has 2 aliphatic heterocycles. The van der Waals surface area contributed by atoms with E-state index in [2.05, 4.69) is 29.1 Å². The van der Waals surface area contributed by atoms with E-state index in [-0.39, 0.29) is 6.03 Å². The van der Waals surface area contributed by atoms with E-state index in [1.54, 1.807) is 11.3 Å². The lowest BCUT2D eigenvalue weighted by atomic mass is 9.95. The molecule has 1 atom stereocenters. The van der Waals surface area contributed by atoms with Crippen molar-refractivity contribution in [3.05, 3.63) is 17.5 Å². The van der Waals surface area contributed by atoms with Crippen molar-refractivity contribution >= 4 is 22.4 Å². The molecule has 0 unspecified atom stereocenters. The van der Waals surface area contributed by atoms with Gasteiger partial charge in [-0.1, -0.05) is 0 Å².